The smallest absolute Gasteiger partial charge is 0.307 e. The maximum absolute atomic E-state index is 11.0. The number of likely N-dealkylation sites (tertiary alicyclic amines) is 1. The number of hydrogen-bond acceptors (Lipinski definition) is 3. The summed E-state index contributed by atoms with van der Waals surface area (Å²) in [4.78, 5) is 13.2. The van der Waals surface area contributed by atoms with Gasteiger partial charge in [0.25, 0.3) is 0 Å². The van der Waals surface area contributed by atoms with Crippen molar-refractivity contribution in [3.8, 4) is 0 Å². The number of benzene rings is 1. The molecule has 2 atom stereocenters. The van der Waals surface area contributed by atoms with Crippen LogP contribution in [0.2, 0.25) is 0 Å². The molecule has 0 unspecified atom stereocenters. The summed E-state index contributed by atoms with van der Waals surface area (Å²) in [6.07, 6.45) is 0.720. The molecule has 0 amide bonds. The first kappa shape index (κ1) is 13.1. The van der Waals surface area contributed by atoms with Crippen LogP contribution in [0.4, 0.5) is 0 Å². The van der Waals surface area contributed by atoms with E-state index < -0.39 is 5.97 Å². The van der Waals surface area contributed by atoms with Crippen molar-refractivity contribution >= 4 is 5.97 Å². The fourth-order valence-electron chi connectivity index (χ4n) is 2.56. The Kier molecular flexibility index (Phi) is 3.99. The standard InChI is InChI=1S/C14H20N2O2/c1-10-2-4-11(5-3-10)13(8-15)16-7-6-12(9-16)14(17)18/h2-5,12-13H,6-9,15H2,1H3,(H,17,18)/t12-,13+/m0/s1. The maximum Gasteiger partial charge on any atom is 0.307 e. The Morgan fingerprint density at radius 2 is 2.17 bits per heavy atom. The molecule has 1 aromatic rings. The Hall–Kier alpha value is -1.39. The summed E-state index contributed by atoms with van der Waals surface area (Å²) in [6, 6.07) is 8.45. The van der Waals surface area contributed by atoms with Crippen LogP contribution in [-0.2, 0) is 4.79 Å². The van der Waals surface area contributed by atoms with E-state index >= 15 is 0 Å². The number of carbonyl (C=O) groups is 1. The van der Waals surface area contributed by atoms with E-state index in [1.54, 1.807) is 0 Å². The van der Waals surface area contributed by atoms with E-state index in [0.29, 0.717) is 13.1 Å². The molecule has 4 heteroatoms. The van der Waals surface area contributed by atoms with Crippen LogP contribution in [0.5, 0.6) is 0 Å². The van der Waals surface area contributed by atoms with E-state index in [1.807, 2.05) is 0 Å². The Morgan fingerprint density at radius 3 is 2.67 bits per heavy atom. The second kappa shape index (κ2) is 5.50. The summed E-state index contributed by atoms with van der Waals surface area (Å²) in [7, 11) is 0. The van der Waals surface area contributed by atoms with E-state index in [1.165, 1.54) is 11.1 Å². The highest BCUT2D eigenvalue weighted by atomic mass is 16.4. The molecule has 1 fully saturated rings. The molecule has 18 heavy (non-hydrogen) atoms. The van der Waals surface area contributed by atoms with E-state index in [0.717, 1.165) is 13.0 Å². The van der Waals surface area contributed by atoms with Gasteiger partial charge in [0.15, 0.2) is 0 Å². The van der Waals surface area contributed by atoms with Crippen LogP contribution in [0.15, 0.2) is 24.3 Å². The van der Waals surface area contributed by atoms with Crippen molar-refractivity contribution in [2.75, 3.05) is 19.6 Å². The monoisotopic (exact) mass is 248 g/mol. The van der Waals surface area contributed by atoms with E-state index in [-0.39, 0.29) is 12.0 Å². The first-order valence-corrected chi connectivity index (χ1v) is 6.35. The second-order valence-electron chi connectivity index (χ2n) is 4.98. The summed E-state index contributed by atoms with van der Waals surface area (Å²) >= 11 is 0. The molecule has 3 N–H and O–H groups in total. The minimum atomic E-state index is -0.697. The molecule has 0 radical (unpaired) electrons. The summed E-state index contributed by atoms with van der Waals surface area (Å²) in [5, 5.41) is 9.03. The first-order chi connectivity index (χ1) is 8.61. The van der Waals surface area contributed by atoms with Crippen molar-refractivity contribution in [1.82, 2.24) is 4.90 Å². The van der Waals surface area contributed by atoms with Gasteiger partial charge in [0, 0.05) is 19.1 Å². The van der Waals surface area contributed by atoms with Crippen LogP contribution >= 0.6 is 0 Å². The van der Waals surface area contributed by atoms with Gasteiger partial charge in [-0.15, -0.1) is 0 Å². The SMILES string of the molecule is Cc1ccc([C@@H](CN)N2CC[C@H](C(=O)O)C2)cc1. The lowest BCUT2D eigenvalue weighted by molar-refractivity contribution is -0.141. The molecule has 1 aliphatic heterocycles. The summed E-state index contributed by atoms with van der Waals surface area (Å²) < 4.78 is 0. The molecule has 98 valence electrons. The third kappa shape index (κ3) is 2.71. The molecular weight excluding hydrogens is 228 g/mol. The Balaban J connectivity index is 2.10. The largest absolute Gasteiger partial charge is 0.481 e. The third-order valence-corrected chi connectivity index (χ3v) is 3.70. The van der Waals surface area contributed by atoms with Crippen LogP contribution < -0.4 is 5.73 Å². The van der Waals surface area contributed by atoms with Crippen molar-refractivity contribution < 1.29 is 9.90 Å². The lowest BCUT2D eigenvalue weighted by Gasteiger charge is -2.27. The average molecular weight is 248 g/mol. The Labute approximate surface area is 107 Å². The molecule has 1 aromatic carbocycles. The number of hydrogen-bond donors (Lipinski definition) is 2. The predicted molar refractivity (Wildman–Crippen MR) is 70.3 cm³/mol. The summed E-state index contributed by atoms with van der Waals surface area (Å²) in [5.41, 5.74) is 8.25. The van der Waals surface area contributed by atoms with Crippen molar-refractivity contribution in [2.45, 2.75) is 19.4 Å². The molecule has 0 spiro atoms. The fraction of sp³-hybridized carbons (Fsp3) is 0.500. The van der Waals surface area contributed by atoms with Crippen LogP contribution in [0, 0.1) is 12.8 Å². The maximum atomic E-state index is 11.0. The topological polar surface area (TPSA) is 66.6 Å². The molecule has 0 bridgehead atoms. The predicted octanol–water partition coefficient (Wildman–Crippen LogP) is 1.40. The van der Waals surface area contributed by atoms with Gasteiger partial charge >= 0.3 is 5.97 Å². The lowest BCUT2D eigenvalue weighted by atomic mass is 10.0. The van der Waals surface area contributed by atoms with Gasteiger partial charge in [0.05, 0.1) is 5.92 Å². The number of rotatable bonds is 4. The minimum absolute atomic E-state index is 0.134. The lowest BCUT2D eigenvalue weighted by Crippen LogP contribution is -2.32. The van der Waals surface area contributed by atoms with Gasteiger partial charge < -0.3 is 10.8 Å². The third-order valence-electron chi connectivity index (χ3n) is 3.70. The highest BCUT2D eigenvalue weighted by molar-refractivity contribution is 5.70. The highest BCUT2D eigenvalue weighted by Crippen LogP contribution is 2.27. The molecule has 1 heterocycles. The van der Waals surface area contributed by atoms with E-state index in [2.05, 4.69) is 36.1 Å². The Bertz CT molecular complexity index is 416. The number of nitrogens with zero attached hydrogens (tertiary/aromatic N) is 1. The van der Waals surface area contributed by atoms with Crippen LogP contribution in [0.1, 0.15) is 23.6 Å². The second-order valence-corrected chi connectivity index (χ2v) is 4.98. The van der Waals surface area contributed by atoms with Gasteiger partial charge in [-0.25, -0.2) is 0 Å². The average Bonchev–Trinajstić information content (AvgIpc) is 2.82. The first-order valence-electron chi connectivity index (χ1n) is 6.35. The fourth-order valence-corrected chi connectivity index (χ4v) is 2.56. The minimum Gasteiger partial charge on any atom is -0.481 e. The van der Waals surface area contributed by atoms with Crippen molar-refractivity contribution in [2.24, 2.45) is 11.7 Å². The summed E-state index contributed by atoms with van der Waals surface area (Å²) in [6.45, 7) is 3.99. The molecule has 1 aliphatic rings. The number of aryl methyl sites for hydroxylation is 1. The van der Waals surface area contributed by atoms with Gasteiger partial charge in [-0.3, -0.25) is 9.69 Å². The highest BCUT2D eigenvalue weighted by Gasteiger charge is 2.32. The summed E-state index contributed by atoms with van der Waals surface area (Å²) in [5.74, 6) is -0.943. The normalized spacial score (nSPS) is 22.0. The van der Waals surface area contributed by atoms with Crippen LogP contribution in [0.3, 0.4) is 0 Å². The molecule has 4 nitrogen and oxygen atoms in total. The van der Waals surface area contributed by atoms with Gasteiger partial charge in [-0.2, -0.15) is 0 Å². The van der Waals surface area contributed by atoms with Gasteiger partial charge in [0.1, 0.15) is 0 Å². The number of carboxylic acid groups (broad SMARTS) is 1. The van der Waals surface area contributed by atoms with E-state index in [4.69, 9.17) is 10.8 Å². The number of aliphatic carboxylic acids is 1. The van der Waals surface area contributed by atoms with Crippen LogP contribution in [0.25, 0.3) is 0 Å². The molecule has 1 saturated heterocycles. The zero-order chi connectivity index (χ0) is 13.1. The zero-order valence-corrected chi connectivity index (χ0v) is 10.7. The van der Waals surface area contributed by atoms with Gasteiger partial charge in [-0.1, -0.05) is 29.8 Å². The van der Waals surface area contributed by atoms with Crippen molar-refractivity contribution in [3.05, 3.63) is 35.4 Å². The molecule has 0 saturated carbocycles. The molecule has 0 aromatic heterocycles. The molecular formula is C14H20N2O2. The van der Waals surface area contributed by atoms with Gasteiger partial charge in [-0.05, 0) is 25.5 Å². The Morgan fingerprint density at radius 1 is 1.50 bits per heavy atom. The van der Waals surface area contributed by atoms with Crippen molar-refractivity contribution in [3.63, 3.8) is 0 Å². The quantitative estimate of drug-likeness (QED) is 0.845. The van der Waals surface area contributed by atoms with Gasteiger partial charge in [0.2, 0.25) is 0 Å². The number of carboxylic acids is 1. The molecule has 2 rings (SSSR count). The molecule has 0 aliphatic carbocycles. The van der Waals surface area contributed by atoms with E-state index in [9.17, 15) is 4.79 Å². The van der Waals surface area contributed by atoms with Crippen LogP contribution in [-0.4, -0.2) is 35.6 Å². The van der Waals surface area contributed by atoms with Crippen molar-refractivity contribution in [1.29, 1.82) is 0 Å². The zero-order valence-electron chi connectivity index (χ0n) is 10.7. The number of nitrogens with two attached hydrogens (primary N) is 1.